The summed E-state index contributed by atoms with van der Waals surface area (Å²) < 4.78 is 42.9. The maximum atomic E-state index is 16.8. The van der Waals surface area contributed by atoms with Crippen LogP contribution in [0.4, 0.5) is 14.6 Å². The van der Waals surface area contributed by atoms with E-state index in [2.05, 4.69) is 14.9 Å². The summed E-state index contributed by atoms with van der Waals surface area (Å²) in [6.45, 7) is 4.20. The molecule has 9 nitrogen and oxygen atoms in total. The summed E-state index contributed by atoms with van der Waals surface area (Å²) in [5.41, 5.74) is 0.671. The number of rotatable bonds is 9. The number of carbonyl (C=O) groups is 1. The summed E-state index contributed by atoms with van der Waals surface area (Å²) in [7, 11) is 5.45. The van der Waals surface area contributed by atoms with E-state index >= 15 is 4.39 Å². The van der Waals surface area contributed by atoms with Crippen LogP contribution in [0.1, 0.15) is 44.6 Å². The van der Waals surface area contributed by atoms with Gasteiger partial charge in [0.05, 0.1) is 25.0 Å². The molecular formula is C34H39F2N5O4. The zero-order valence-electron chi connectivity index (χ0n) is 26.2. The quantitative estimate of drug-likeness (QED) is 0.230. The minimum absolute atomic E-state index is 0.00137. The SMILES string of the molecule is CCc1c(F)ccc2cc(O)cc(-c3ncc4c(N5CCCC(C(=O)OC)CC5)nc(OCC5(CN(C)C)CC5)nc4c3F)c12. The number of nitrogens with zero attached hydrogens (tertiary/aromatic N) is 5. The molecule has 1 aliphatic carbocycles. The van der Waals surface area contributed by atoms with Gasteiger partial charge in [-0.2, -0.15) is 9.97 Å². The van der Waals surface area contributed by atoms with Gasteiger partial charge in [0, 0.05) is 36.8 Å². The Bertz CT molecular complexity index is 1760. The number of halogens is 2. The van der Waals surface area contributed by atoms with E-state index in [9.17, 15) is 14.3 Å². The van der Waals surface area contributed by atoms with E-state index in [1.54, 1.807) is 6.07 Å². The molecule has 0 radical (unpaired) electrons. The first kappa shape index (κ1) is 30.9. The molecule has 2 aliphatic rings. The van der Waals surface area contributed by atoms with Gasteiger partial charge >= 0.3 is 12.0 Å². The zero-order valence-corrected chi connectivity index (χ0v) is 26.2. The predicted molar refractivity (Wildman–Crippen MR) is 169 cm³/mol. The molecule has 2 aromatic carbocycles. The van der Waals surface area contributed by atoms with Gasteiger partial charge < -0.3 is 24.4 Å². The van der Waals surface area contributed by atoms with Gasteiger partial charge in [-0.15, -0.1) is 0 Å². The largest absolute Gasteiger partial charge is 0.508 e. The van der Waals surface area contributed by atoms with Gasteiger partial charge in [-0.05, 0) is 87.2 Å². The van der Waals surface area contributed by atoms with Gasteiger partial charge in [0.15, 0.2) is 5.82 Å². The third-order valence-electron chi connectivity index (χ3n) is 9.08. The second kappa shape index (κ2) is 12.3. The highest BCUT2D eigenvalue weighted by Gasteiger charge is 2.44. The highest BCUT2D eigenvalue weighted by Crippen LogP contribution is 2.46. The Hall–Kier alpha value is -4.12. The summed E-state index contributed by atoms with van der Waals surface area (Å²) >= 11 is 0. The normalized spacial score (nSPS) is 17.9. The summed E-state index contributed by atoms with van der Waals surface area (Å²) in [5, 5.41) is 12.0. The van der Waals surface area contributed by atoms with Gasteiger partial charge in [0.2, 0.25) is 0 Å². The number of hydrogen-bond acceptors (Lipinski definition) is 9. The van der Waals surface area contributed by atoms with Crippen molar-refractivity contribution < 1.29 is 28.2 Å². The van der Waals surface area contributed by atoms with E-state index in [1.807, 2.05) is 25.9 Å². The van der Waals surface area contributed by atoms with Crippen LogP contribution in [0.25, 0.3) is 32.9 Å². The Morgan fingerprint density at radius 3 is 2.67 bits per heavy atom. The lowest BCUT2D eigenvalue weighted by atomic mass is 9.94. The van der Waals surface area contributed by atoms with Crippen molar-refractivity contribution in [2.45, 2.75) is 45.4 Å². The molecule has 0 spiro atoms. The van der Waals surface area contributed by atoms with Crippen LogP contribution in [0.15, 0.2) is 30.5 Å². The van der Waals surface area contributed by atoms with Crippen molar-refractivity contribution >= 4 is 33.5 Å². The van der Waals surface area contributed by atoms with Gasteiger partial charge in [-0.1, -0.05) is 13.0 Å². The van der Waals surface area contributed by atoms with Gasteiger partial charge in [-0.3, -0.25) is 9.78 Å². The number of anilines is 1. The molecule has 1 N–H and O–H groups in total. The fraction of sp³-hybridized carbons (Fsp3) is 0.471. The predicted octanol–water partition coefficient (Wildman–Crippen LogP) is 5.89. The Kier molecular flexibility index (Phi) is 8.47. The molecule has 4 aromatic rings. The number of esters is 1. The zero-order chi connectivity index (χ0) is 31.9. The van der Waals surface area contributed by atoms with Crippen molar-refractivity contribution in [1.29, 1.82) is 0 Å². The summed E-state index contributed by atoms with van der Waals surface area (Å²) in [5.74, 6) is -1.18. The topological polar surface area (TPSA) is 101 Å². The number of aromatic nitrogens is 3. The summed E-state index contributed by atoms with van der Waals surface area (Å²) in [6.07, 6.45) is 5.92. The number of phenolic OH excluding ortho intramolecular Hbond substituents is 1. The lowest BCUT2D eigenvalue weighted by Gasteiger charge is -2.24. The van der Waals surface area contributed by atoms with E-state index in [0.717, 1.165) is 25.8 Å². The summed E-state index contributed by atoms with van der Waals surface area (Å²) in [4.78, 5) is 30.3. The second-order valence-corrected chi connectivity index (χ2v) is 12.6. The van der Waals surface area contributed by atoms with E-state index in [4.69, 9.17) is 14.5 Å². The fourth-order valence-electron chi connectivity index (χ4n) is 6.67. The van der Waals surface area contributed by atoms with Crippen LogP contribution < -0.4 is 9.64 Å². The van der Waals surface area contributed by atoms with E-state index in [-0.39, 0.29) is 45.8 Å². The third-order valence-corrected chi connectivity index (χ3v) is 9.08. The minimum Gasteiger partial charge on any atom is -0.508 e. The number of phenols is 1. The third kappa shape index (κ3) is 6.10. The Morgan fingerprint density at radius 1 is 1.16 bits per heavy atom. The molecule has 1 atom stereocenters. The van der Waals surface area contributed by atoms with Gasteiger partial charge in [0.1, 0.15) is 28.6 Å². The number of pyridine rings is 1. The molecular weight excluding hydrogens is 580 g/mol. The second-order valence-electron chi connectivity index (χ2n) is 12.6. The highest BCUT2D eigenvalue weighted by molar-refractivity contribution is 6.01. The first-order chi connectivity index (χ1) is 21.6. The lowest BCUT2D eigenvalue weighted by Crippen LogP contribution is -2.29. The molecule has 3 heterocycles. The molecule has 11 heteroatoms. The first-order valence-corrected chi connectivity index (χ1v) is 15.5. The monoisotopic (exact) mass is 619 g/mol. The van der Waals surface area contributed by atoms with Crippen LogP contribution in [0.5, 0.6) is 11.8 Å². The van der Waals surface area contributed by atoms with E-state index < -0.39 is 11.6 Å². The number of ether oxygens (including phenoxy) is 2. The molecule has 1 unspecified atom stereocenters. The van der Waals surface area contributed by atoms with E-state index in [1.165, 1.54) is 31.5 Å². The molecule has 0 amide bonds. The molecule has 6 rings (SSSR count). The number of methoxy groups -OCH3 is 1. The Morgan fingerprint density at radius 2 is 1.96 bits per heavy atom. The van der Waals surface area contributed by atoms with Crippen molar-refractivity contribution in [3.63, 3.8) is 0 Å². The van der Waals surface area contributed by atoms with Crippen molar-refractivity contribution in [1.82, 2.24) is 19.9 Å². The van der Waals surface area contributed by atoms with Gasteiger partial charge in [-0.25, -0.2) is 8.78 Å². The fourth-order valence-corrected chi connectivity index (χ4v) is 6.67. The van der Waals surface area contributed by atoms with Crippen molar-refractivity contribution in [3.8, 4) is 23.0 Å². The molecule has 1 saturated heterocycles. The van der Waals surface area contributed by atoms with Crippen molar-refractivity contribution in [3.05, 3.63) is 47.7 Å². The van der Waals surface area contributed by atoms with Crippen molar-refractivity contribution in [2.24, 2.45) is 11.3 Å². The number of benzene rings is 2. The average molecular weight is 620 g/mol. The Labute approximate surface area is 261 Å². The minimum atomic E-state index is -0.712. The average Bonchev–Trinajstić information content (AvgIpc) is 3.82. The van der Waals surface area contributed by atoms with Crippen LogP contribution in [-0.2, 0) is 16.0 Å². The van der Waals surface area contributed by atoms with Crippen LogP contribution in [-0.4, -0.2) is 78.4 Å². The van der Waals surface area contributed by atoms with Crippen LogP contribution in [0.3, 0.4) is 0 Å². The molecule has 2 fully saturated rings. The summed E-state index contributed by atoms with van der Waals surface area (Å²) in [6, 6.07) is 5.93. The molecule has 2 aromatic heterocycles. The van der Waals surface area contributed by atoms with Crippen LogP contribution in [0.2, 0.25) is 0 Å². The maximum absolute atomic E-state index is 16.8. The number of carbonyl (C=O) groups excluding carboxylic acids is 1. The molecule has 238 valence electrons. The molecule has 1 aliphatic heterocycles. The highest BCUT2D eigenvalue weighted by atomic mass is 19.1. The first-order valence-electron chi connectivity index (χ1n) is 15.5. The smallest absolute Gasteiger partial charge is 0.319 e. The van der Waals surface area contributed by atoms with Crippen LogP contribution in [0, 0.1) is 23.0 Å². The maximum Gasteiger partial charge on any atom is 0.319 e. The van der Waals surface area contributed by atoms with Crippen LogP contribution >= 0.6 is 0 Å². The number of aryl methyl sites for hydroxylation is 1. The van der Waals surface area contributed by atoms with Gasteiger partial charge in [0.25, 0.3) is 0 Å². The number of fused-ring (bicyclic) bond motifs is 2. The number of hydrogen-bond donors (Lipinski definition) is 1. The Balaban J connectivity index is 1.48. The molecule has 1 saturated carbocycles. The number of aromatic hydroxyl groups is 1. The lowest BCUT2D eigenvalue weighted by molar-refractivity contribution is -0.145. The molecule has 45 heavy (non-hydrogen) atoms. The van der Waals surface area contributed by atoms with E-state index in [0.29, 0.717) is 66.5 Å². The standard InChI is InChI=1S/C34H39F2N5O4/c1-5-23-26(35)9-8-21-15-22(42)16-24(27(21)23)29-28(36)30-25(17-37-29)31(41-13-6-7-20(10-14-41)32(43)44-4)39-33(38-30)45-19-34(11-12-34)18-40(2)3/h8-9,15-17,20,42H,5-7,10-14,18-19H2,1-4H3. The van der Waals surface area contributed by atoms with Crippen molar-refractivity contribution in [2.75, 3.05) is 52.3 Å². The molecule has 0 bridgehead atoms.